The molecule has 0 atom stereocenters. The summed E-state index contributed by atoms with van der Waals surface area (Å²) in [5.41, 5.74) is 0.456. The van der Waals surface area contributed by atoms with Crippen LogP contribution in [0.2, 0.25) is 0 Å². The van der Waals surface area contributed by atoms with Crippen LogP contribution in [-0.4, -0.2) is 22.5 Å². The van der Waals surface area contributed by atoms with Gasteiger partial charge in [-0.2, -0.15) is 0 Å². The summed E-state index contributed by atoms with van der Waals surface area (Å²) in [5.74, 6) is 0.528. The molecule has 0 spiro atoms. The van der Waals surface area contributed by atoms with Gasteiger partial charge in [-0.15, -0.1) is 0 Å². The molecule has 0 radical (unpaired) electrons. The van der Waals surface area contributed by atoms with Gasteiger partial charge in [0.05, 0.1) is 0 Å². The van der Waals surface area contributed by atoms with E-state index in [1.165, 1.54) is 4.90 Å². The zero-order valence-electron chi connectivity index (χ0n) is 8.49. The van der Waals surface area contributed by atoms with E-state index in [-0.39, 0.29) is 5.91 Å². The highest BCUT2D eigenvalue weighted by atomic mass is 127. The van der Waals surface area contributed by atoms with Crippen LogP contribution >= 0.6 is 34.8 Å². The highest BCUT2D eigenvalue weighted by Gasteiger charge is 2.29. The molecule has 2 heterocycles. The number of nitrogens with one attached hydrogen (secondary N) is 1. The molecule has 0 aromatic carbocycles. The third-order valence-electron chi connectivity index (χ3n) is 2.16. The monoisotopic (exact) mass is 348 g/mol. The van der Waals surface area contributed by atoms with E-state index in [0.29, 0.717) is 23.1 Å². The number of thiocarbonyl (C=S) groups is 1. The fourth-order valence-corrected chi connectivity index (χ4v) is 2.16. The van der Waals surface area contributed by atoms with Crippen LogP contribution in [-0.2, 0) is 4.79 Å². The molecule has 1 N–H and O–H groups in total. The SMILES string of the molecule is CCN1C(=O)/C(=C/c2ccc(I)o2)NC1=S. The Kier molecular flexibility index (Phi) is 3.29. The molecule has 0 unspecified atom stereocenters. The van der Waals surface area contributed by atoms with Crippen LogP contribution in [0.5, 0.6) is 0 Å². The van der Waals surface area contributed by atoms with Crippen LogP contribution < -0.4 is 5.32 Å². The average molecular weight is 348 g/mol. The van der Waals surface area contributed by atoms with E-state index in [0.717, 1.165) is 3.77 Å². The van der Waals surface area contributed by atoms with E-state index in [1.54, 1.807) is 12.1 Å². The summed E-state index contributed by atoms with van der Waals surface area (Å²) in [6.45, 7) is 2.45. The van der Waals surface area contributed by atoms with E-state index in [2.05, 4.69) is 27.9 Å². The Morgan fingerprint density at radius 2 is 2.38 bits per heavy atom. The largest absolute Gasteiger partial charge is 0.451 e. The van der Waals surface area contributed by atoms with E-state index in [1.807, 2.05) is 13.0 Å². The first-order valence-corrected chi connectivity index (χ1v) is 6.20. The van der Waals surface area contributed by atoms with Crippen LogP contribution in [0.15, 0.2) is 22.2 Å². The van der Waals surface area contributed by atoms with Crippen LogP contribution in [0.4, 0.5) is 0 Å². The molecule has 0 aliphatic carbocycles. The van der Waals surface area contributed by atoms with E-state index in [4.69, 9.17) is 16.6 Å². The van der Waals surface area contributed by atoms with Crippen LogP contribution in [0.25, 0.3) is 6.08 Å². The quantitative estimate of drug-likeness (QED) is 0.504. The Morgan fingerprint density at radius 1 is 1.62 bits per heavy atom. The lowest BCUT2D eigenvalue weighted by Crippen LogP contribution is -2.30. The second-order valence-corrected chi connectivity index (χ2v) is 4.63. The van der Waals surface area contributed by atoms with Crippen molar-refractivity contribution in [1.82, 2.24) is 10.2 Å². The highest BCUT2D eigenvalue weighted by molar-refractivity contribution is 14.1. The zero-order valence-corrected chi connectivity index (χ0v) is 11.5. The maximum Gasteiger partial charge on any atom is 0.276 e. The summed E-state index contributed by atoms with van der Waals surface area (Å²) in [7, 11) is 0. The number of hydrogen-bond donors (Lipinski definition) is 1. The Bertz CT molecular complexity index is 481. The molecule has 1 aromatic rings. The molecule has 1 fully saturated rings. The maximum absolute atomic E-state index is 11.8. The number of carbonyl (C=O) groups is 1. The molecule has 2 rings (SSSR count). The zero-order chi connectivity index (χ0) is 11.7. The van der Waals surface area contributed by atoms with E-state index >= 15 is 0 Å². The van der Waals surface area contributed by atoms with Crippen LogP contribution in [0, 0.1) is 3.77 Å². The molecule has 6 heteroatoms. The van der Waals surface area contributed by atoms with Crippen molar-refractivity contribution < 1.29 is 9.21 Å². The first-order chi connectivity index (χ1) is 7.61. The van der Waals surface area contributed by atoms with Gasteiger partial charge in [-0.25, -0.2) is 0 Å². The Morgan fingerprint density at radius 3 is 2.88 bits per heavy atom. The van der Waals surface area contributed by atoms with Crippen molar-refractivity contribution in [3.63, 3.8) is 0 Å². The van der Waals surface area contributed by atoms with Gasteiger partial charge in [-0.1, -0.05) is 0 Å². The molecule has 0 saturated carbocycles. The number of halogens is 1. The Balaban J connectivity index is 2.27. The number of hydrogen-bond acceptors (Lipinski definition) is 3. The third kappa shape index (κ3) is 2.12. The molecule has 1 aromatic heterocycles. The normalized spacial score (nSPS) is 18.4. The van der Waals surface area contributed by atoms with Crippen LogP contribution in [0.3, 0.4) is 0 Å². The molecule has 1 aliphatic rings. The second-order valence-electron chi connectivity index (χ2n) is 3.18. The van der Waals surface area contributed by atoms with Crippen LogP contribution in [0.1, 0.15) is 12.7 Å². The van der Waals surface area contributed by atoms with Gasteiger partial charge in [0.15, 0.2) is 8.88 Å². The van der Waals surface area contributed by atoms with Gasteiger partial charge in [0.1, 0.15) is 11.5 Å². The van der Waals surface area contributed by atoms with Crippen molar-refractivity contribution in [2.45, 2.75) is 6.92 Å². The lowest BCUT2D eigenvalue weighted by atomic mass is 10.3. The van der Waals surface area contributed by atoms with Gasteiger partial charge in [0.25, 0.3) is 5.91 Å². The van der Waals surface area contributed by atoms with E-state index < -0.39 is 0 Å². The van der Waals surface area contributed by atoms with Crippen molar-refractivity contribution in [2.75, 3.05) is 6.54 Å². The summed E-state index contributed by atoms with van der Waals surface area (Å²) in [4.78, 5) is 13.3. The number of likely N-dealkylation sites (N-methyl/N-ethyl adjacent to an activating group) is 1. The van der Waals surface area contributed by atoms with E-state index in [9.17, 15) is 4.79 Å². The number of carbonyl (C=O) groups excluding carboxylic acids is 1. The standard InChI is InChI=1S/C10H9IN2O2S/c1-2-13-9(14)7(12-10(13)16)5-6-3-4-8(11)15-6/h3-5H,2H2,1H3,(H,12,16)/b7-5-. The van der Waals surface area contributed by atoms with Crippen molar-refractivity contribution in [1.29, 1.82) is 0 Å². The average Bonchev–Trinajstić information content (AvgIpc) is 2.74. The van der Waals surface area contributed by atoms with Crippen molar-refractivity contribution in [2.24, 2.45) is 0 Å². The molecule has 16 heavy (non-hydrogen) atoms. The molecule has 1 amide bonds. The molecule has 4 nitrogen and oxygen atoms in total. The topological polar surface area (TPSA) is 45.5 Å². The van der Waals surface area contributed by atoms with Gasteiger partial charge in [-0.05, 0) is 53.9 Å². The minimum absolute atomic E-state index is 0.112. The minimum Gasteiger partial charge on any atom is -0.451 e. The number of nitrogens with zero attached hydrogens (tertiary/aromatic N) is 1. The predicted molar refractivity (Wildman–Crippen MR) is 72.5 cm³/mol. The highest BCUT2D eigenvalue weighted by Crippen LogP contribution is 2.16. The molecular formula is C10H9IN2O2S. The lowest BCUT2D eigenvalue weighted by molar-refractivity contribution is -0.122. The fraction of sp³-hybridized carbons (Fsp3) is 0.200. The summed E-state index contributed by atoms with van der Waals surface area (Å²) in [6, 6.07) is 3.64. The summed E-state index contributed by atoms with van der Waals surface area (Å²) >= 11 is 7.11. The fourth-order valence-electron chi connectivity index (χ4n) is 1.41. The molecule has 84 valence electrons. The molecule has 1 aliphatic heterocycles. The number of furan rings is 1. The maximum atomic E-state index is 11.8. The van der Waals surface area contributed by atoms with Crippen molar-refractivity contribution >= 4 is 51.9 Å². The summed E-state index contributed by atoms with van der Waals surface area (Å²) in [6.07, 6.45) is 1.66. The Hall–Kier alpha value is -0.890. The number of amides is 1. The molecular weight excluding hydrogens is 339 g/mol. The van der Waals surface area contributed by atoms with Crippen molar-refractivity contribution in [3.8, 4) is 0 Å². The van der Waals surface area contributed by atoms with Gasteiger partial charge < -0.3 is 9.73 Å². The third-order valence-corrected chi connectivity index (χ3v) is 3.06. The van der Waals surface area contributed by atoms with Gasteiger partial charge in [-0.3, -0.25) is 9.69 Å². The second kappa shape index (κ2) is 4.54. The summed E-state index contributed by atoms with van der Waals surface area (Å²) < 4.78 is 6.14. The first kappa shape index (κ1) is 11.6. The van der Waals surface area contributed by atoms with Gasteiger partial charge in [0.2, 0.25) is 0 Å². The molecule has 0 bridgehead atoms. The molecule has 1 saturated heterocycles. The smallest absolute Gasteiger partial charge is 0.276 e. The van der Waals surface area contributed by atoms with Gasteiger partial charge in [0, 0.05) is 12.6 Å². The summed E-state index contributed by atoms with van der Waals surface area (Å²) in [5, 5.41) is 3.31. The van der Waals surface area contributed by atoms with Gasteiger partial charge >= 0.3 is 0 Å². The predicted octanol–water partition coefficient (Wildman–Crippen LogP) is 1.96. The minimum atomic E-state index is -0.112. The Labute approximate surface area is 112 Å². The first-order valence-electron chi connectivity index (χ1n) is 4.71. The lowest BCUT2D eigenvalue weighted by Gasteiger charge is -2.08. The van der Waals surface area contributed by atoms with Crippen molar-refractivity contribution in [3.05, 3.63) is 27.4 Å². The number of rotatable bonds is 2.